The van der Waals surface area contributed by atoms with Crippen LogP contribution in [0.15, 0.2) is 30.4 Å². The molecule has 186 valence electrons. The van der Waals surface area contributed by atoms with Crippen LogP contribution in [0, 0.1) is 5.92 Å². The van der Waals surface area contributed by atoms with E-state index in [4.69, 9.17) is 25.4 Å². The third-order valence-electron chi connectivity index (χ3n) is 5.97. The predicted molar refractivity (Wildman–Crippen MR) is 129 cm³/mol. The molecule has 1 aromatic carbocycles. The molecule has 0 saturated heterocycles. The van der Waals surface area contributed by atoms with E-state index in [0.717, 1.165) is 4.90 Å². The molecule has 1 heterocycles. The Balaban J connectivity index is 2.33. The first kappa shape index (κ1) is 26.6. The highest BCUT2D eigenvalue weighted by atomic mass is 35.5. The largest absolute Gasteiger partial charge is 0.443 e. The Bertz CT molecular complexity index is 1040. The molecule has 0 saturated carbocycles. The molecule has 8 nitrogen and oxygen atoms in total. The zero-order chi connectivity index (χ0) is 25.3. The number of fused-ring (bicyclic) bond motifs is 2. The molecule has 2 amide bonds. The number of imide groups is 1. The number of aldehydes is 1. The Hall–Kier alpha value is -1.99. The van der Waals surface area contributed by atoms with Crippen LogP contribution >= 0.6 is 19.2 Å². The third kappa shape index (κ3) is 4.49. The fourth-order valence-electron chi connectivity index (χ4n) is 4.89. The molecule has 1 aliphatic carbocycles. The topological polar surface area (TPSA) is 99.2 Å². The second kappa shape index (κ2) is 9.94. The molecule has 3 rings (SSSR count). The molecule has 10 heteroatoms. The van der Waals surface area contributed by atoms with E-state index in [-0.39, 0.29) is 31.7 Å². The fraction of sp³-hybridized carbons (Fsp3) is 0.542. The second-order valence-electron chi connectivity index (χ2n) is 9.22. The molecule has 1 spiro atoms. The van der Waals surface area contributed by atoms with E-state index < -0.39 is 42.2 Å². The molecule has 2 aliphatic rings. The van der Waals surface area contributed by atoms with Crippen molar-refractivity contribution in [1.29, 1.82) is 0 Å². The fourth-order valence-corrected chi connectivity index (χ4v) is 7.54. The van der Waals surface area contributed by atoms with Gasteiger partial charge in [0.1, 0.15) is 11.9 Å². The van der Waals surface area contributed by atoms with Crippen molar-refractivity contribution < 1.29 is 32.7 Å². The summed E-state index contributed by atoms with van der Waals surface area (Å²) in [5, 5.41) is 0.331. The number of anilines is 1. The number of hydrogen-bond donors (Lipinski definition) is 0. The highest BCUT2D eigenvalue weighted by Gasteiger charge is 2.66. The van der Waals surface area contributed by atoms with E-state index in [1.165, 1.54) is 0 Å². The maximum absolute atomic E-state index is 14.3. The summed E-state index contributed by atoms with van der Waals surface area (Å²) in [6.45, 7) is 8.66. The van der Waals surface area contributed by atoms with Gasteiger partial charge in [-0.1, -0.05) is 23.8 Å². The zero-order valence-corrected chi connectivity index (χ0v) is 21.7. The summed E-state index contributed by atoms with van der Waals surface area (Å²) in [7, 11) is -3.89. The van der Waals surface area contributed by atoms with Gasteiger partial charge in [-0.3, -0.25) is 9.36 Å². The lowest BCUT2D eigenvalue weighted by atomic mass is 9.64. The Morgan fingerprint density at radius 2 is 1.91 bits per heavy atom. The summed E-state index contributed by atoms with van der Waals surface area (Å²) >= 11 is 6.35. The van der Waals surface area contributed by atoms with Crippen LogP contribution in [0.4, 0.5) is 10.5 Å². The Morgan fingerprint density at radius 3 is 2.47 bits per heavy atom. The molecular weight excluding hydrogens is 481 g/mol. The lowest BCUT2D eigenvalue weighted by Crippen LogP contribution is -2.56. The van der Waals surface area contributed by atoms with E-state index >= 15 is 0 Å². The van der Waals surface area contributed by atoms with Crippen molar-refractivity contribution in [3.05, 3.63) is 40.9 Å². The van der Waals surface area contributed by atoms with Crippen LogP contribution in [-0.4, -0.2) is 42.8 Å². The van der Waals surface area contributed by atoms with Crippen LogP contribution < -0.4 is 4.90 Å². The van der Waals surface area contributed by atoms with Gasteiger partial charge in [-0.2, -0.15) is 0 Å². The molecule has 0 aromatic heterocycles. The summed E-state index contributed by atoms with van der Waals surface area (Å²) in [6.07, 6.45) is 3.53. The SMILES string of the molecule is CCOP(=O)(OCC)[C@H]1CC=C[C@H](CC=O)[C@]12C(=O)N(C(=O)OC(C)(C)C)c1ccc(Cl)cc12. The van der Waals surface area contributed by atoms with Crippen molar-refractivity contribution in [2.75, 3.05) is 18.1 Å². The highest BCUT2D eigenvalue weighted by Crippen LogP contribution is 2.67. The first-order valence-electron chi connectivity index (χ1n) is 11.3. The van der Waals surface area contributed by atoms with Crippen molar-refractivity contribution in [3.8, 4) is 0 Å². The van der Waals surface area contributed by atoms with Crippen molar-refractivity contribution in [2.45, 2.75) is 64.1 Å². The van der Waals surface area contributed by atoms with Crippen LogP contribution in [0.2, 0.25) is 5.02 Å². The minimum absolute atomic E-state index is 0.0366. The number of carbonyl (C=O) groups excluding carboxylic acids is 3. The summed E-state index contributed by atoms with van der Waals surface area (Å²) in [4.78, 5) is 40.2. The molecule has 0 radical (unpaired) electrons. The predicted octanol–water partition coefficient (Wildman–Crippen LogP) is 5.66. The van der Waals surface area contributed by atoms with Gasteiger partial charge in [-0.25, -0.2) is 9.69 Å². The third-order valence-corrected chi connectivity index (χ3v) is 8.82. The minimum atomic E-state index is -3.89. The first-order valence-corrected chi connectivity index (χ1v) is 13.3. The number of rotatable bonds is 7. The van der Waals surface area contributed by atoms with Gasteiger partial charge in [0.25, 0.3) is 0 Å². The Morgan fingerprint density at radius 1 is 1.26 bits per heavy atom. The minimum Gasteiger partial charge on any atom is -0.443 e. The Labute approximate surface area is 205 Å². The van der Waals surface area contributed by atoms with Gasteiger partial charge in [0.05, 0.1) is 30.0 Å². The number of allylic oxidation sites excluding steroid dienone is 2. The van der Waals surface area contributed by atoms with Crippen LogP contribution in [0.1, 0.15) is 53.0 Å². The van der Waals surface area contributed by atoms with E-state index in [1.807, 2.05) is 0 Å². The molecule has 0 fully saturated rings. The maximum atomic E-state index is 14.3. The number of ether oxygens (including phenoxy) is 1. The van der Waals surface area contributed by atoms with Gasteiger partial charge in [-0.15, -0.1) is 0 Å². The molecule has 1 aromatic rings. The lowest BCUT2D eigenvalue weighted by molar-refractivity contribution is -0.125. The number of halogens is 1. The average Bonchev–Trinajstić information content (AvgIpc) is 2.97. The summed E-state index contributed by atoms with van der Waals surface area (Å²) in [5.74, 6) is -1.34. The maximum Gasteiger partial charge on any atom is 0.421 e. The number of benzene rings is 1. The van der Waals surface area contributed by atoms with Crippen LogP contribution in [0.5, 0.6) is 0 Å². The molecule has 0 unspecified atom stereocenters. The van der Waals surface area contributed by atoms with Crippen molar-refractivity contribution >= 4 is 43.2 Å². The number of carbonyl (C=O) groups is 3. The van der Waals surface area contributed by atoms with E-state index in [9.17, 15) is 18.9 Å². The smallest absolute Gasteiger partial charge is 0.421 e. The average molecular weight is 512 g/mol. The van der Waals surface area contributed by atoms with Crippen LogP contribution in [-0.2, 0) is 33.4 Å². The highest BCUT2D eigenvalue weighted by molar-refractivity contribution is 7.54. The zero-order valence-electron chi connectivity index (χ0n) is 20.1. The molecule has 34 heavy (non-hydrogen) atoms. The van der Waals surface area contributed by atoms with Gasteiger partial charge in [0, 0.05) is 17.4 Å². The van der Waals surface area contributed by atoms with Gasteiger partial charge >= 0.3 is 13.7 Å². The number of amides is 2. The molecule has 0 bridgehead atoms. The summed E-state index contributed by atoms with van der Waals surface area (Å²) in [5.41, 5.74) is -2.74. The van der Waals surface area contributed by atoms with Gasteiger partial charge in [0.15, 0.2) is 0 Å². The van der Waals surface area contributed by atoms with Crippen molar-refractivity contribution in [1.82, 2.24) is 0 Å². The summed E-state index contributed by atoms with van der Waals surface area (Å²) in [6, 6.07) is 4.72. The van der Waals surface area contributed by atoms with E-state index in [1.54, 1.807) is 65.0 Å². The van der Waals surface area contributed by atoms with E-state index in [0.29, 0.717) is 16.9 Å². The van der Waals surface area contributed by atoms with Gasteiger partial charge in [-0.05, 0) is 64.8 Å². The first-order chi connectivity index (χ1) is 16.0. The normalized spacial score (nSPS) is 24.4. The van der Waals surface area contributed by atoms with Crippen LogP contribution in [0.25, 0.3) is 0 Å². The standard InChI is InChI=1S/C24H31ClNO7P/c1-6-31-34(30,32-7-2)20-10-8-9-16(13-14-27)24(20)18-15-17(25)11-12-19(18)26(21(24)28)22(29)33-23(3,4)5/h8-9,11-12,14-16,20H,6-7,10,13H2,1-5H3/t16-,20+,24-/m1/s1. The molecular formula is C24H31ClNO7P. The summed E-state index contributed by atoms with van der Waals surface area (Å²) < 4.78 is 31.0. The molecule has 3 atom stereocenters. The number of nitrogens with zero attached hydrogens (tertiary/aromatic N) is 1. The quantitative estimate of drug-likeness (QED) is 0.264. The van der Waals surface area contributed by atoms with Gasteiger partial charge in [0.2, 0.25) is 5.91 Å². The second-order valence-corrected chi connectivity index (χ2v) is 11.9. The number of hydrogen-bond acceptors (Lipinski definition) is 7. The molecule has 1 aliphatic heterocycles. The van der Waals surface area contributed by atoms with E-state index in [2.05, 4.69) is 0 Å². The van der Waals surface area contributed by atoms with Gasteiger partial charge < -0.3 is 18.6 Å². The Kier molecular flexibility index (Phi) is 7.78. The van der Waals surface area contributed by atoms with Crippen LogP contribution in [0.3, 0.4) is 0 Å². The monoisotopic (exact) mass is 511 g/mol. The molecule has 0 N–H and O–H groups in total. The lowest BCUT2D eigenvalue weighted by Gasteiger charge is -2.45. The van der Waals surface area contributed by atoms with Crippen molar-refractivity contribution in [3.63, 3.8) is 0 Å². The van der Waals surface area contributed by atoms with Crippen molar-refractivity contribution in [2.24, 2.45) is 5.92 Å².